The highest BCUT2D eigenvalue weighted by molar-refractivity contribution is 6.14. The van der Waals surface area contributed by atoms with Gasteiger partial charge in [-0.1, -0.05) is 85.0 Å². The van der Waals surface area contributed by atoms with Gasteiger partial charge in [0.25, 0.3) is 0 Å². The van der Waals surface area contributed by atoms with Crippen molar-refractivity contribution < 1.29 is 14.7 Å². The van der Waals surface area contributed by atoms with Crippen molar-refractivity contribution in [2.75, 3.05) is 17.7 Å². The Kier molecular flexibility index (Phi) is 9.68. The van der Waals surface area contributed by atoms with Gasteiger partial charge in [-0.3, -0.25) is 9.59 Å². The summed E-state index contributed by atoms with van der Waals surface area (Å²) in [6.45, 7) is 0. The molecule has 0 fully saturated rings. The molecule has 0 heterocycles. The van der Waals surface area contributed by atoms with Crippen LogP contribution in [0.1, 0.15) is 0 Å². The smallest absolute Gasteiger partial charge is 0.187 e. The van der Waals surface area contributed by atoms with Gasteiger partial charge in [0, 0.05) is 70.5 Å². The molecule has 5 nitrogen and oxygen atoms in total. The summed E-state index contributed by atoms with van der Waals surface area (Å²) >= 11 is 0. The van der Waals surface area contributed by atoms with Crippen LogP contribution in [0, 0.1) is 0 Å². The molecule has 0 aliphatic heterocycles. The zero-order valence-corrected chi connectivity index (χ0v) is 23.7. The summed E-state index contributed by atoms with van der Waals surface area (Å²) in [6, 6.07) is 24.8. The van der Waals surface area contributed by atoms with Crippen molar-refractivity contribution in [2.24, 2.45) is 0 Å². The van der Waals surface area contributed by atoms with Gasteiger partial charge in [-0.15, -0.1) is 0 Å². The Balaban J connectivity index is 0.00000126. The van der Waals surface area contributed by atoms with E-state index in [4.69, 9.17) is 5.11 Å². The van der Waals surface area contributed by atoms with E-state index in [1.54, 1.807) is 48.9 Å². The number of ketones is 2. The number of rotatable bonds is 5. The first-order valence-corrected chi connectivity index (χ1v) is 12.9. The van der Waals surface area contributed by atoms with Crippen molar-refractivity contribution in [2.45, 2.75) is 0 Å². The SMILES string of the molecule is CO.O=C1C=CC=C/C1=C/Nc1ccc2ccccc2c1-c1c(N/C=C2\C=CC=CC2=O)ccc2ccccc12.[Al]. The fourth-order valence-corrected chi connectivity index (χ4v) is 4.83. The summed E-state index contributed by atoms with van der Waals surface area (Å²) in [6.07, 6.45) is 17.4. The highest BCUT2D eigenvalue weighted by atomic mass is 27.0. The van der Waals surface area contributed by atoms with Gasteiger partial charge in [0.1, 0.15) is 0 Å². The van der Waals surface area contributed by atoms with E-state index in [1.807, 2.05) is 48.6 Å². The molecule has 6 rings (SSSR count). The van der Waals surface area contributed by atoms with E-state index in [1.165, 1.54) is 0 Å². The van der Waals surface area contributed by atoms with Crippen molar-refractivity contribution in [1.29, 1.82) is 0 Å². The maximum atomic E-state index is 12.4. The number of carbonyl (C=O) groups is 2. The molecule has 0 aromatic heterocycles. The van der Waals surface area contributed by atoms with E-state index >= 15 is 0 Å². The third-order valence-corrected chi connectivity index (χ3v) is 6.71. The number of carbonyl (C=O) groups excluding carboxylic acids is 2. The summed E-state index contributed by atoms with van der Waals surface area (Å²) in [7, 11) is 1.00. The van der Waals surface area contributed by atoms with Crippen LogP contribution in [-0.4, -0.2) is 41.1 Å². The van der Waals surface area contributed by atoms with Crippen molar-refractivity contribution in [1.82, 2.24) is 0 Å². The molecular weight excluding hydrogens is 523 g/mol. The second-order valence-electron chi connectivity index (χ2n) is 9.07. The van der Waals surface area contributed by atoms with E-state index < -0.39 is 0 Å². The first kappa shape index (κ1) is 29.3. The van der Waals surface area contributed by atoms with Gasteiger partial charge in [-0.25, -0.2) is 0 Å². The maximum absolute atomic E-state index is 12.4. The molecule has 41 heavy (non-hydrogen) atoms. The van der Waals surface area contributed by atoms with Crippen LogP contribution in [0.4, 0.5) is 11.4 Å². The fourth-order valence-electron chi connectivity index (χ4n) is 4.83. The molecule has 4 aromatic rings. The van der Waals surface area contributed by atoms with Crippen molar-refractivity contribution >= 4 is 61.8 Å². The third kappa shape index (κ3) is 6.21. The van der Waals surface area contributed by atoms with Crippen LogP contribution in [0.15, 0.2) is 145 Å². The zero-order valence-electron chi connectivity index (χ0n) is 22.5. The second-order valence-corrected chi connectivity index (χ2v) is 9.07. The Labute approximate surface area is 249 Å². The Bertz CT molecular complexity index is 1680. The Hall–Kier alpha value is -4.73. The zero-order chi connectivity index (χ0) is 27.9. The maximum Gasteiger partial charge on any atom is 0.187 e. The third-order valence-electron chi connectivity index (χ3n) is 6.71. The van der Waals surface area contributed by atoms with Gasteiger partial charge >= 0.3 is 0 Å². The quantitative estimate of drug-likeness (QED) is 0.186. The van der Waals surface area contributed by atoms with Crippen molar-refractivity contribution in [3.05, 3.63) is 145 Å². The molecular formula is C35H28AlN2O3. The summed E-state index contributed by atoms with van der Waals surface area (Å²) < 4.78 is 0. The first-order valence-electron chi connectivity index (χ1n) is 12.9. The van der Waals surface area contributed by atoms with Gasteiger partial charge in [0.15, 0.2) is 11.6 Å². The minimum atomic E-state index is -0.0410. The van der Waals surface area contributed by atoms with E-state index in [2.05, 4.69) is 47.0 Å². The molecule has 2 aliphatic carbocycles. The van der Waals surface area contributed by atoms with E-state index in [-0.39, 0.29) is 28.9 Å². The minimum absolute atomic E-state index is 0. The first-order chi connectivity index (χ1) is 19.7. The van der Waals surface area contributed by atoms with Crippen LogP contribution >= 0.6 is 0 Å². The lowest BCUT2D eigenvalue weighted by atomic mass is 9.91. The molecule has 6 heteroatoms. The van der Waals surface area contributed by atoms with Crippen molar-refractivity contribution in [3.63, 3.8) is 0 Å². The Morgan fingerprint density at radius 3 is 1.34 bits per heavy atom. The average Bonchev–Trinajstić information content (AvgIpc) is 3.01. The Morgan fingerprint density at radius 2 is 0.927 bits per heavy atom. The lowest BCUT2D eigenvalue weighted by Crippen LogP contribution is -2.04. The molecule has 4 aromatic carbocycles. The predicted octanol–water partition coefficient (Wildman–Crippen LogP) is 6.87. The van der Waals surface area contributed by atoms with Crippen LogP contribution in [-0.2, 0) is 9.59 Å². The van der Waals surface area contributed by atoms with Gasteiger partial charge in [0.05, 0.1) is 0 Å². The van der Waals surface area contributed by atoms with Crippen LogP contribution in [0.2, 0.25) is 0 Å². The lowest BCUT2D eigenvalue weighted by Gasteiger charge is -2.20. The van der Waals surface area contributed by atoms with Crippen molar-refractivity contribution in [3.8, 4) is 11.1 Å². The molecule has 0 unspecified atom stereocenters. The summed E-state index contributed by atoms with van der Waals surface area (Å²) in [5, 5.41) is 18.2. The highest BCUT2D eigenvalue weighted by Gasteiger charge is 2.17. The largest absolute Gasteiger partial charge is 0.400 e. The number of aliphatic hydroxyl groups excluding tert-OH is 1. The molecule has 0 bridgehead atoms. The number of aliphatic hydroxyl groups is 1. The molecule has 2 aliphatic rings. The van der Waals surface area contributed by atoms with Gasteiger partial charge in [0.2, 0.25) is 0 Å². The highest BCUT2D eigenvalue weighted by Crippen LogP contribution is 2.43. The van der Waals surface area contributed by atoms with E-state index in [0.29, 0.717) is 11.1 Å². The standard InChI is InChI=1S/C34H24N2O2.CH4O.Al/c37-31-15-7-3-11-25(31)21-35-29-19-17-23-9-1-5-13-27(23)33(29)34-28-14-6-2-10-24(28)18-20-30(34)36-22-26-12-4-8-16-32(26)38;1-2;/h1-22,35-36H;2H,1H3;/b25-21-,26-22+;;. The van der Waals surface area contributed by atoms with Gasteiger partial charge < -0.3 is 15.7 Å². The normalized spacial score (nSPS) is 15.7. The summed E-state index contributed by atoms with van der Waals surface area (Å²) in [4.78, 5) is 24.7. The summed E-state index contributed by atoms with van der Waals surface area (Å²) in [5.74, 6) is -0.0820. The molecule has 3 N–H and O–H groups in total. The molecule has 0 saturated carbocycles. The second kappa shape index (κ2) is 13.6. The number of nitrogens with one attached hydrogen (secondary N) is 2. The molecule has 199 valence electrons. The average molecular weight is 552 g/mol. The minimum Gasteiger partial charge on any atom is -0.400 e. The molecule has 0 saturated heterocycles. The van der Waals surface area contributed by atoms with Gasteiger partial charge in [-0.05, 0) is 58.0 Å². The van der Waals surface area contributed by atoms with E-state index in [9.17, 15) is 9.59 Å². The number of benzene rings is 4. The van der Waals surface area contributed by atoms with Crippen LogP contribution < -0.4 is 10.6 Å². The summed E-state index contributed by atoms with van der Waals surface area (Å²) in [5.41, 5.74) is 4.93. The fraction of sp³-hybridized carbons (Fsp3) is 0.0286. The van der Waals surface area contributed by atoms with Crippen LogP contribution in [0.3, 0.4) is 0 Å². The van der Waals surface area contributed by atoms with Gasteiger partial charge in [-0.2, -0.15) is 0 Å². The Morgan fingerprint density at radius 1 is 0.537 bits per heavy atom. The number of hydrogen-bond acceptors (Lipinski definition) is 5. The number of allylic oxidation sites excluding steroid dienone is 10. The molecule has 3 radical (unpaired) electrons. The number of anilines is 2. The topological polar surface area (TPSA) is 78.4 Å². The monoisotopic (exact) mass is 551 g/mol. The van der Waals surface area contributed by atoms with E-state index in [0.717, 1.165) is 51.2 Å². The van der Waals surface area contributed by atoms with Crippen LogP contribution in [0.5, 0.6) is 0 Å². The number of hydrogen-bond donors (Lipinski definition) is 3. The molecule has 0 atom stereocenters. The number of fused-ring (bicyclic) bond motifs is 2. The lowest BCUT2D eigenvalue weighted by molar-refractivity contribution is -0.111. The molecule has 0 spiro atoms. The predicted molar refractivity (Wildman–Crippen MR) is 171 cm³/mol. The molecule has 0 amide bonds. The van der Waals surface area contributed by atoms with Crippen LogP contribution in [0.25, 0.3) is 32.7 Å².